The summed E-state index contributed by atoms with van der Waals surface area (Å²) >= 11 is 0. The number of aromatic amines is 1. The maximum atomic E-state index is 14.2. The molecule has 2 N–H and O–H groups in total. The van der Waals surface area contributed by atoms with Crippen LogP contribution in [-0.2, 0) is 11.2 Å². The molecule has 2 saturated heterocycles. The molecule has 38 heavy (non-hydrogen) atoms. The van der Waals surface area contributed by atoms with E-state index in [4.69, 9.17) is 0 Å². The SMILES string of the molecule is O=C(N(c1ccccc1)c1ccccc1)N1C[C@@H]2CCC([C@H]1CCO)N2C(=O)Cc1c[nH]c2ccccc12. The van der Waals surface area contributed by atoms with Crippen molar-refractivity contribution in [3.8, 4) is 0 Å². The van der Waals surface area contributed by atoms with Gasteiger partial charge in [-0.05, 0) is 55.2 Å². The molecule has 3 aromatic carbocycles. The normalized spacial score (nSPS) is 20.6. The number of carbonyl (C=O) groups is 2. The van der Waals surface area contributed by atoms with Crippen molar-refractivity contribution in [2.75, 3.05) is 18.1 Å². The molecule has 0 saturated carbocycles. The average Bonchev–Trinajstić information content (AvgIpc) is 3.51. The number of anilines is 2. The summed E-state index contributed by atoms with van der Waals surface area (Å²) in [6.07, 6.45) is 4.35. The van der Waals surface area contributed by atoms with Crippen LogP contribution in [0.2, 0.25) is 0 Å². The summed E-state index contributed by atoms with van der Waals surface area (Å²) in [5, 5.41) is 11.1. The first-order valence-electron chi connectivity index (χ1n) is 13.3. The van der Waals surface area contributed by atoms with Crippen LogP contribution in [0.4, 0.5) is 16.2 Å². The molecular formula is C31H32N4O3. The van der Waals surface area contributed by atoms with E-state index < -0.39 is 0 Å². The lowest BCUT2D eigenvalue weighted by Crippen LogP contribution is -2.64. The first kappa shape index (κ1) is 24.2. The largest absolute Gasteiger partial charge is 0.396 e. The van der Waals surface area contributed by atoms with Gasteiger partial charge >= 0.3 is 6.03 Å². The van der Waals surface area contributed by atoms with E-state index >= 15 is 0 Å². The number of carbonyl (C=O) groups excluding carboxylic acids is 2. The van der Waals surface area contributed by atoms with E-state index in [2.05, 4.69) is 4.98 Å². The summed E-state index contributed by atoms with van der Waals surface area (Å²) in [6.45, 7) is 0.409. The van der Waals surface area contributed by atoms with E-state index in [1.54, 1.807) is 4.90 Å². The quantitative estimate of drug-likeness (QED) is 0.381. The number of aromatic nitrogens is 1. The highest BCUT2D eigenvalue weighted by Gasteiger charge is 2.50. The third-order valence-corrected chi connectivity index (χ3v) is 7.99. The number of hydrogen-bond acceptors (Lipinski definition) is 3. The zero-order valence-electron chi connectivity index (χ0n) is 21.2. The first-order chi connectivity index (χ1) is 18.7. The van der Waals surface area contributed by atoms with Gasteiger partial charge in [0.1, 0.15) is 0 Å². The second-order valence-electron chi connectivity index (χ2n) is 10.2. The van der Waals surface area contributed by atoms with Crippen LogP contribution in [0, 0.1) is 0 Å². The van der Waals surface area contributed by atoms with Crippen molar-refractivity contribution < 1.29 is 14.7 Å². The zero-order valence-corrected chi connectivity index (χ0v) is 21.2. The fraction of sp³-hybridized carbons (Fsp3) is 0.290. The zero-order chi connectivity index (χ0) is 26.1. The van der Waals surface area contributed by atoms with Gasteiger partial charge in [-0.2, -0.15) is 0 Å². The minimum absolute atomic E-state index is 0.0370. The van der Waals surface area contributed by atoms with Crippen molar-refractivity contribution >= 4 is 34.2 Å². The number of amides is 3. The fourth-order valence-corrected chi connectivity index (χ4v) is 6.31. The van der Waals surface area contributed by atoms with Gasteiger partial charge in [0.2, 0.25) is 5.91 Å². The Hall–Kier alpha value is -4.10. The van der Waals surface area contributed by atoms with E-state index in [0.717, 1.165) is 40.7 Å². The third kappa shape index (κ3) is 4.33. The molecule has 3 heterocycles. The van der Waals surface area contributed by atoms with Crippen LogP contribution in [0.15, 0.2) is 91.1 Å². The van der Waals surface area contributed by atoms with Gasteiger partial charge in [0, 0.05) is 36.3 Å². The van der Waals surface area contributed by atoms with Crippen LogP contribution < -0.4 is 4.90 Å². The minimum atomic E-state index is -0.256. The number of likely N-dealkylation sites (tertiary alicyclic amines) is 1. The van der Waals surface area contributed by atoms with Crippen LogP contribution in [0.3, 0.4) is 0 Å². The standard InChI is InChI=1S/C31H32N4O3/c36-18-17-28-29-16-15-25(35(29)30(37)19-22-20-32-27-14-8-7-13-26(22)27)21-33(28)31(38)34(23-9-3-1-4-10-23)24-11-5-2-6-12-24/h1-14,20,25,28-29,32,36H,15-19,21H2/t25-,28+,29?/m0/s1. The number of aliphatic hydroxyl groups is 1. The number of para-hydroxylation sites is 3. The van der Waals surface area contributed by atoms with E-state index in [1.165, 1.54) is 0 Å². The molecular weight excluding hydrogens is 476 g/mol. The van der Waals surface area contributed by atoms with Gasteiger partial charge in [0.25, 0.3) is 0 Å². The van der Waals surface area contributed by atoms with Gasteiger partial charge < -0.3 is 19.9 Å². The molecule has 7 heteroatoms. The van der Waals surface area contributed by atoms with Gasteiger partial charge in [-0.3, -0.25) is 9.69 Å². The molecule has 0 aliphatic carbocycles. The van der Waals surface area contributed by atoms with Crippen molar-refractivity contribution in [1.29, 1.82) is 0 Å². The molecule has 2 aliphatic heterocycles. The molecule has 0 radical (unpaired) electrons. The van der Waals surface area contributed by atoms with Gasteiger partial charge in [-0.25, -0.2) is 4.79 Å². The number of hydrogen-bond donors (Lipinski definition) is 2. The number of fused-ring (bicyclic) bond motifs is 3. The predicted octanol–water partition coefficient (Wildman–Crippen LogP) is 5.09. The molecule has 3 atom stereocenters. The number of rotatable bonds is 6. The number of aliphatic hydroxyl groups excluding tert-OH is 1. The van der Waals surface area contributed by atoms with E-state index in [9.17, 15) is 14.7 Å². The Balaban J connectivity index is 1.29. The van der Waals surface area contributed by atoms with Crippen molar-refractivity contribution in [3.63, 3.8) is 0 Å². The molecule has 2 bridgehead atoms. The van der Waals surface area contributed by atoms with Crippen molar-refractivity contribution in [1.82, 2.24) is 14.8 Å². The van der Waals surface area contributed by atoms with Crippen molar-refractivity contribution in [3.05, 3.63) is 96.7 Å². The van der Waals surface area contributed by atoms with E-state index in [0.29, 0.717) is 19.4 Å². The maximum Gasteiger partial charge on any atom is 0.329 e. The predicted molar refractivity (Wildman–Crippen MR) is 148 cm³/mol. The lowest BCUT2D eigenvalue weighted by molar-refractivity contribution is -0.137. The summed E-state index contributed by atoms with van der Waals surface area (Å²) in [6, 6.07) is 26.8. The lowest BCUT2D eigenvalue weighted by atomic mass is 9.98. The summed E-state index contributed by atoms with van der Waals surface area (Å²) in [5.41, 5.74) is 3.59. The topological polar surface area (TPSA) is 79.9 Å². The van der Waals surface area contributed by atoms with Crippen molar-refractivity contribution in [2.45, 2.75) is 43.8 Å². The maximum absolute atomic E-state index is 14.2. The Morgan fingerprint density at radius 2 is 1.55 bits per heavy atom. The van der Waals surface area contributed by atoms with Crippen LogP contribution in [0.25, 0.3) is 10.9 Å². The Morgan fingerprint density at radius 1 is 0.895 bits per heavy atom. The van der Waals surface area contributed by atoms with E-state index in [-0.39, 0.29) is 36.7 Å². The Kier molecular flexibility index (Phi) is 6.60. The number of nitrogens with zero attached hydrogens (tertiary/aromatic N) is 3. The minimum Gasteiger partial charge on any atom is -0.396 e. The highest BCUT2D eigenvalue weighted by atomic mass is 16.3. The molecule has 2 aliphatic rings. The molecule has 2 fully saturated rings. The van der Waals surface area contributed by atoms with Gasteiger partial charge in [-0.15, -0.1) is 0 Å². The summed E-state index contributed by atoms with van der Waals surface area (Å²) in [4.78, 5) is 36.9. The molecule has 194 valence electrons. The summed E-state index contributed by atoms with van der Waals surface area (Å²) < 4.78 is 0. The number of nitrogens with one attached hydrogen (secondary N) is 1. The Bertz CT molecular complexity index is 1380. The van der Waals surface area contributed by atoms with E-state index in [1.807, 2.05) is 101 Å². The second-order valence-corrected chi connectivity index (χ2v) is 10.2. The highest BCUT2D eigenvalue weighted by Crippen LogP contribution is 2.38. The lowest BCUT2D eigenvalue weighted by Gasteiger charge is -2.48. The van der Waals surface area contributed by atoms with Gasteiger partial charge in [-0.1, -0.05) is 54.6 Å². The molecule has 0 spiro atoms. The summed E-state index contributed by atoms with van der Waals surface area (Å²) in [5.74, 6) is 0.0836. The van der Waals surface area contributed by atoms with Crippen LogP contribution in [0.5, 0.6) is 0 Å². The first-order valence-corrected chi connectivity index (χ1v) is 13.3. The molecule has 1 unspecified atom stereocenters. The van der Waals surface area contributed by atoms with Crippen LogP contribution in [-0.4, -0.2) is 63.1 Å². The number of benzene rings is 3. The molecule has 6 rings (SSSR count). The highest BCUT2D eigenvalue weighted by molar-refractivity contribution is 6.00. The average molecular weight is 509 g/mol. The molecule has 4 aromatic rings. The number of H-pyrrole nitrogens is 1. The molecule has 3 amide bonds. The molecule has 7 nitrogen and oxygen atoms in total. The van der Waals surface area contributed by atoms with Gasteiger partial charge in [0.05, 0.1) is 29.9 Å². The van der Waals surface area contributed by atoms with Crippen LogP contribution >= 0.6 is 0 Å². The number of urea groups is 1. The summed E-state index contributed by atoms with van der Waals surface area (Å²) in [7, 11) is 0. The third-order valence-electron chi connectivity index (χ3n) is 7.99. The number of piperazine rings is 1. The Morgan fingerprint density at radius 3 is 2.24 bits per heavy atom. The van der Waals surface area contributed by atoms with Crippen molar-refractivity contribution in [2.24, 2.45) is 0 Å². The van der Waals surface area contributed by atoms with Gasteiger partial charge in [0.15, 0.2) is 0 Å². The molecule has 1 aromatic heterocycles. The smallest absolute Gasteiger partial charge is 0.329 e. The second kappa shape index (κ2) is 10.3. The Labute approximate surface area is 222 Å². The monoisotopic (exact) mass is 508 g/mol. The van der Waals surface area contributed by atoms with Crippen LogP contribution in [0.1, 0.15) is 24.8 Å². The fourth-order valence-electron chi connectivity index (χ4n) is 6.31.